The van der Waals surface area contributed by atoms with Crippen LogP contribution in [-0.2, 0) is 6.42 Å². The van der Waals surface area contributed by atoms with Crippen molar-refractivity contribution in [1.29, 1.82) is 0 Å². The predicted octanol–water partition coefficient (Wildman–Crippen LogP) is 1.96. The quantitative estimate of drug-likeness (QED) is 0.892. The monoisotopic (exact) mass is 260 g/mol. The van der Waals surface area contributed by atoms with E-state index < -0.39 is 0 Å². The zero-order valence-corrected chi connectivity index (χ0v) is 11.0. The first-order valence-electron chi connectivity index (χ1n) is 6.02. The van der Waals surface area contributed by atoms with Crippen molar-refractivity contribution in [3.8, 4) is 5.75 Å². The molecule has 5 heteroatoms. The number of ether oxygens (including phenoxy) is 1. The van der Waals surface area contributed by atoms with Gasteiger partial charge in [-0.2, -0.15) is 0 Å². The average Bonchev–Trinajstić information content (AvgIpc) is 2.84. The van der Waals surface area contributed by atoms with E-state index in [-0.39, 0.29) is 5.91 Å². The Bertz CT molecular complexity index is 563. The van der Waals surface area contributed by atoms with Crippen molar-refractivity contribution in [2.24, 2.45) is 0 Å². The molecule has 0 saturated heterocycles. The molecule has 0 saturated carbocycles. The highest BCUT2D eigenvalue weighted by Gasteiger charge is 2.07. The molecule has 0 radical (unpaired) electrons. The Hall–Kier alpha value is -2.30. The van der Waals surface area contributed by atoms with Crippen LogP contribution in [0.4, 0.5) is 0 Å². The highest BCUT2D eigenvalue weighted by molar-refractivity contribution is 5.94. The fourth-order valence-corrected chi connectivity index (χ4v) is 1.67. The Morgan fingerprint density at radius 1 is 1.47 bits per heavy atom. The van der Waals surface area contributed by atoms with Crippen molar-refractivity contribution in [3.63, 3.8) is 0 Å². The minimum absolute atomic E-state index is 0.137. The standard InChI is InChI=1S/C14H16N2O3/c1-10-9-16-13(19-10)6-7-15-14(17)11-4-3-5-12(8-11)18-2/h3-5,8-9H,6-7H2,1-2H3,(H,15,17). The van der Waals surface area contributed by atoms with E-state index in [0.29, 0.717) is 30.2 Å². The van der Waals surface area contributed by atoms with Crippen molar-refractivity contribution in [2.45, 2.75) is 13.3 Å². The van der Waals surface area contributed by atoms with Crippen molar-refractivity contribution in [3.05, 3.63) is 47.7 Å². The Morgan fingerprint density at radius 3 is 3.00 bits per heavy atom. The smallest absolute Gasteiger partial charge is 0.251 e. The van der Waals surface area contributed by atoms with Gasteiger partial charge in [-0.1, -0.05) is 6.07 Å². The third-order valence-electron chi connectivity index (χ3n) is 2.63. The number of hydrogen-bond acceptors (Lipinski definition) is 4. The van der Waals surface area contributed by atoms with Crippen LogP contribution in [0.1, 0.15) is 22.0 Å². The van der Waals surface area contributed by atoms with Crippen LogP contribution in [0.25, 0.3) is 0 Å². The van der Waals surface area contributed by atoms with Gasteiger partial charge < -0.3 is 14.5 Å². The molecule has 0 unspecified atom stereocenters. The van der Waals surface area contributed by atoms with Gasteiger partial charge in [0.05, 0.1) is 13.3 Å². The molecular formula is C14H16N2O3. The zero-order chi connectivity index (χ0) is 13.7. The Labute approximate surface area is 111 Å². The van der Waals surface area contributed by atoms with Crippen molar-refractivity contribution in [2.75, 3.05) is 13.7 Å². The number of methoxy groups -OCH3 is 1. The van der Waals surface area contributed by atoms with E-state index in [0.717, 1.165) is 5.76 Å². The topological polar surface area (TPSA) is 64.4 Å². The number of aryl methyl sites for hydroxylation is 1. The van der Waals surface area contributed by atoms with Crippen LogP contribution in [-0.4, -0.2) is 24.5 Å². The van der Waals surface area contributed by atoms with Gasteiger partial charge in [0.15, 0.2) is 5.89 Å². The minimum atomic E-state index is -0.137. The van der Waals surface area contributed by atoms with E-state index >= 15 is 0 Å². The van der Waals surface area contributed by atoms with E-state index in [4.69, 9.17) is 9.15 Å². The van der Waals surface area contributed by atoms with E-state index in [9.17, 15) is 4.79 Å². The van der Waals surface area contributed by atoms with E-state index in [1.54, 1.807) is 37.6 Å². The summed E-state index contributed by atoms with van der Waals surface area (Å²) in [5, 5.41) is 2.81. The first-order chi connectivity index (χ1) is 9.19. The normalized spacial score (nSPS) is 10.2. The predicted molar refractivity (Wildman–Crippen MR) is 70.3 cm³/mol. The molecule has 1 heterocycles. The lowest BCUT2D eigenvalue weighted by atomic mass is 10.2. The number of carbonyl (C=O) groups is 1. The second kappa shape index (κ2) is 6.04. The molecule has 2 rings (SSSR count). The first-order valence-corrected chi connectivity index (χ1v) is 6.02. The molecule has 0 atom stereocenters. The summed E-state index contributed by atoms with van der Waals surface area (Å²) >= 11 is 0. The summed E-state index contributed by atoms with van der Waals surface area (Å²) in [5.74, 6) is 1.93. The van der Waals surface area contributed by atoms with Gasteiger partial charge in [0.2, 0.25) is 0 Å². The number of hydrogen-bond donors (Lipinski definition) is 1. The Morgan fingerprint density at radius 2 is 2.32 bits per heavy atom. The lowest BCUT2D eigenvalue weighted by molar-refractivity contribution is 0.0953. The molecule has 1 N–H and O–H groups in total. The van der Waals surface area contributed by atoms with Gasteiger partial charge in [-0.25, -0.2) is 4.98 Å². The highest BCUT2D eigenvalue weighted by atomic mass is 16.5. The summed E-state index contributed by atoms with van der Waals surface area (Å²) in [7, 11) is 1.57. The van der Waals surface area contributed by atoms with Gasteiger partial charge in [-0.05, 0) is 25.1 Å². The van der Waals surface area contributed by atoms with Crippen LogP contribution < -0.4 is 10.1 Å². The summed E-state index contributed by atoms with van der Waals surface area (Å²) < 4.78 is 10.4. The number of benzene rings is 1. The van der Waals surface area contributed by atoms with Crippen LogP contribution in [0.15, 0.2) is 34.9 Å². The highest BCUT2D eigenvalue weighted by Crippen LogP contribution is 2.12. The first kappa shape index (κ1) is 13.1. The molecule has 2 aromatic rings. The van der Waals surface area contributed by atoms with Crippen LogP contribution in [0, 0.1) is 6.92 Å². The van der Waals surface area contributed by atoms with Gasteiger partial charge in [-0.15, -0.1) is 0 Å². The molecule has 5 nitrogen and oxygen atoms in total. The summed E-state index contributed by atoms with van der Waals surface area (Å²) in [6, 6.07) is 7.02. The van der Waals surface area contributed by atoms with Crippen molar-refractivity contribution >= 4 is 5.91 Å². The van der Waals surface area contributed by atoms with E-state index in [1.165, 1.54) is 0 Å². The molecule has 19 heavy (non-hydrogen) atoms. The van der Waals surface area contributed by atoms with Crippen molar-refractivity contribution < 1.29 is 13.9 Å². The Kier molecular flexibility index (Phi) is 4.18. The maximum atomic E-state index is 11.9. The van der Waals surface area contributed by atoms with E-state index in [1.807, 2.05) is 6.92 Å². The third-order valence-corrected chi connectivity index (χ3v) is 2.63. The fraction of sp³-hybridized carbons (Fsp3) is 0.286. The summed E-state index contributed by atoms with van der Waals surface area (Å²) in [6.07, 6.45) is 2.24. The maximum Gasteiger partial charge on any atom is 0.251 e. The maximum absolute atomic E-state index is 11.9. The van der Waals surface area contributed by atoms with Crippen LogP contribution in [0.2, 0.25) is 0 Å². The molecule has 0 spiro atoms. The fourth-order valence-electron chi connectivity index (χ4n) is 1.67. The second-order valence-electron chi connectivity index (χ2n) is 4.10. The molecule has 1 amide bonds. The number of aromatic nitrogens is 1. The number of nitrogens with zero attached hydrogens (tertiary/aromatic N) is 1. The summed E-state index contributed by atoms with van der Waals surface area (Å²) in [6.45, 7) is 2.32. The zero-order valence-electron chi connectivity index (χ0n) is 11.0. The lowest BCUT2D eigenvalue weighted by Crippen LogP contribution is -2.25. The number of rotatable bonds is 5. The third kappa shape index (κ3) is 3.58. The summed E-state index contributed by atoms with van der Waals surface area (Å²) in [5.41, 5.74) is 0.572. The number of nitrogens with one attached hydrogen (secondary N) is 1. The molecule has 0 aliphatic carbocycles. The van der Waals surface area contributed by atoms with Gasteiger partial charge in [0, 0.05) is 18.5 Å². The molecule has 0 fully saturated rings. The Balaban J connectivity index is 1.87. The second-order valence-corrected chi connectivity index (χ2v) is 4.10. The molecule has 0 aliphatic rings. The SMILES string of the molecule is COc1cccc(C(=O)NCCc2ncc(C)o2)c1. The van der Waals surface area contributed by atoms with Crippen molar-refractivity contribution in [1.82, 2.24) is 10.3 Å². The number of oxazole rings is 1. The van der Waals surface area contributed by atoms with Crippen LogP contribution >= 0.6 is 0 Å². The molecule has 1 aromatic heterocycles. The van der Waals surface area contributed by atoms with Crippen LogP contribution in [0.5, 0.6) is 5.75 Å². The number of amides is 1. The molecule has 1 aromatic carbocycles. The molecule has 0 bridgehead atoms. The van der Waals surface area contributed by atoms with E-state index in [2.05, 4.69) is 10.3 Å². The molecular weight excluding hydrogens is 244 g/mol. The van der Waals surface area contributed by atoms with Gasteiger partial charge in [-0.3, -0.25) is 4.79 Å². The largest absolute Gasteiger partial charge is 0.497 e. The molecule has 100 valence electrons. The van der Waals surface area contributed by atoms with Crippen LogP contribution in [0.3, 0.4) is 0 Å². The van der Waals surface area contributed by atoms with Gasteiger partial charge in [0.1, 0.15) is 11.5 Å². The average molecular weight is 260 g/mol. The number of carbonyl (C=O) groups excluding carboxylic acids is 1. The van der Waals surface area contributed by atoms with Gasteiger partial charge >= 0.3 is 0 Å². The minimum Gasteiger partial charge on any atom is -0.497 e. The summed E-state index contributed by atoms with van der Waals surface area (Å²) in [4.78, 5) is 16.0. The molecule has 0 aliphatic heterocycles. The lowest BCUT2D eigenvalue weighted by Gasteiger charge is -2.05. The van der Waals surface area contributed by atoms with Gasteiger partial charge in [0.25, 0.3) is 5.91 Å².